The lowest BCUT2D eigenvalue weighted by Gasteiger charge is -2.08. The van der Waals surface area contributed by atoms with Crippen molar-refractivity contribution in [1.29, 1.82) is 0 Å². The van der Waals surface area contributed by atoms with E-state index in [4.69, 9.17) is 10.5 Å². The largest absolute Gasteiger partial charge is 0.479 e. The molecule has 3 aromatic rings. The number of nitrogens with two attached hydrogens (primary N) is 1. The van der Waals surface area contributed by atoms with Gasteiger partial charge < -0.3 is 20.4 Å². The van der Waals surface area contributed by atoms with E-state index in [-0.39, 0.29) is 11.7 Å². The van der Waals surface area contributed by atoms with Crippen molar-refractivity contribution in [1.82, 2.24) is 24.5 Å². The van der Waals surface area contributed by atoms with E-state index in [0.717, 1.165) is 5.56 Å². The first-order chi connectivity index (χ1) is 13.9. The highest BCUT2D eigenvalue weighted by atomic mass is 32.2. The Morgan fingerprint density at radius 3 is 2.59 bits per heavy atom. The van der Waals surface area contributed by atoms with E-state index >= 15 is 0 Å². The van der Waals surface area contributed by atoms with Gasteiger partial charge in [-0.1, -0.05) is 11.8 Å². The minimum absolute atomic E-state index is 0.153. The van der Waals surface area contributed by atoms with E-state index in [2.05, 4.69) is 20.6 Å². The van der Waals surface area contributed by atoms with Gasteiger partial charge in [-0.15, -0.1) is 15.3 Å². The van der Waals surface area contributed by atoms with E-state index in [0.29, 0.717) is 34.7 Å². The lowest BCUT2D eigenvalue weighted by Crippen LogP contribution is -2.15. The number of methoxy groups -OCH3 is 1. The molecule has 152 valence electrons. The highest BCUT2D eigenvalue weighted by molar-refractivity contribution is 7.99. The third-order valence-electron chi connectivity index (χ3n) is 4.05. The van der Waals surface area contributed by atoms with E-state index in [9.17, 15) is 9.59 Å². The number of benzene rings is 1. The van der Waals surface area contributed by atoms with Crippen LogP contribution in [-0.2, 0) is 18.4 Å². The first-order valence-corrected chi connectivity index (χ1v) is 9.75. The summed E-state index contributed by atoms with van der Waals surface area (Å²) in [7, 11) is 3.35. The number of primary amides is 1. The van der Waals surface area contributed by atoms with Crippen molar-refractivity contribution in [3.8, 4) is 17.3 Å². The standard InChI is InChI=1S/C18H21N7O3S/c1-4-25-16(13-9-24(2)23-17(13)28-3)21-22-18(25)29-10-14(26)20-12-7-5-11(6-8-12)15(19)27/h5-9H,4,10H2,1-3H3,(H2,19,27)(H,20,26). The molecule has 0 atom stereocenters. The molecular weight excluding hydrogens is 394 g/mol. The molecule has 0 aliphatic rings. The van der Waals surface area contributed by atoms with Gasteiger partial charge in [0.25, 0.3) is 0 Å². The second-order valence-corrected chi connectivity index (χ2v) is 7.00. The summed E-state index contributed by atoms with van der Waals surface area (Å²) >= 11 is 1.28. The molecule has 3 N–H and O–H groups in total. The van der Waals surface area contributed by atoms with Crippen molar-refractivity contribution in [2.45, 2.75) is 18.6 Å². The molecule has 0 spiro atoms. The number of ether oxygens (including phenoxy) is 1. The average molecular weight is 415 g/mol. The van der Waals surface area contributed by atoms with Gasteiger partial charge in [-0.05, 0) is 31.2 Å². The highest BCUT2D eigenvalue weighted by Crippen LogP contribution is 2.29. The predicted octanol–water partition coefficient (Wildman–Crippen LogP) is 1.54. The van der Waals surface area contributed by atoms with E-state index in [1.807, 2.05) is 17.7 Å². The van der Waals surface area contributed by atoms with Gasteiger partial charge >= 0.3 is 0 Å². The molecule has 10 nitrogen and oxygen atoms in total. The Balaban J connectivity index is 1.68. The molecule has 0 radical (unpaired) electrons. The van der Waals surface area contributed by atoms with Crippen LogP contribution in [0.2, 0.25) is 0 Å². The minimum atomic E-state index is -0.515. The van der Waals surface area contributed by atoms with Gasteiger partial charge in [0.1, 0.15) is 5.56 Å². The molecule has 11 heteroatoms. The number of amides is 2. The molecule has 0 saturated heterocycles. The van der Waals surface area contributed by atoms with Gasteiger partial charge in [0.15, 0.2) is 11.0 Å². The summed E-state index contributed by atoms with van der Waals surface area (Å²) in [5.74, 6) is 0.525. The molecule has 0 aliphatic heterocycles. The number of nitrogens with zero attached hydrogens (tertiary/aromatic N) is 5. The van der Waals surface area contributed by atoms with Crippen LogP contribution in [0.4, 0.5) is 5.69 Å². The highest BCUT2D eigenvalue weighted by Gasteiger charge is 2.20. The molecule has 0 bridgehead atoms. The maximum Gasteiger partial charge on any atom is 0.248 e. The number of hydrogen-bond acceptors (Lipinski definition) is 7. The summed E-state index contributed by atoms with van der Waals surface area (Å²) in [6.45, 7) is 2.60. The third kappa shape index (κ3) is 4.57. The third-order valence-corrected chi connectivity index (χ3v) is 5.01. The van der Waals surface area contributed by atoms with Crippen molar-refractivity contribution in [3.05, 3.63) is 36.0 Å². The second-order valence-electron chi connectivity index (χ2n) is 6.05. The summed E-state index contributed by atoms with van der Waals surface area (Å²) in [5.41, 5.74) is 6.90. The van der Waals surface area contributed by atoms with Gasteiger partial charge in [-0.2, -0.15) is 0 Å². The number of anilines is 1. The fourth-order valence-electron chi connectivity index (χ4n) is 2.70. The summed E-state index contributed by atoms with van der Waals surface area (Å²) < 4.78 is 8.85. The molecular formula is C18H21N7O3S. The van der Waals surface area contributed by atoms with Gasteiger partial charge in [0, 0.05) is 31.0 Å². The Kier molecular flexibility index (Phi) is 6.17. The van der Waals surface area contributed by atoms with E-state index in [1.54, 1.807) is 43.1 Å². The monoisotopic (exact) mass is 415 g/mol. The molecule has 2 heterocycles. The van der Waals surface area contributed by atoms with Crippen LogP contribution < -0.4 is 15.8 Å². The van der Waals surface area contributed by atoms with Gasteiger partial charge in [-0.3, -0.25) is 14.3 Å². The number of rotatable bonds is 8. The van der Waals surface area contributed by atoms with Gasteiger partial charge in [0.2, 0.25) is 17.7 Å². The molecule has 3 rings (SSSR count). The van der Waals surface area contributed by atoms with Crippen LogP contribution in [0, 0.1) is 0 Å². The quantitative estimate of drug-likeness (QED) is 0.534. The molecule has 29 heavy (non-hydrogen) atoms. The first-order valence-electron chi connectivity index (χ1n) is 8.76. The second kappa shape index (κ2) is 8.78. The lowest BCUT2D eigenvalue weighted by atomic mass is 10.2. The predicted molar refractivity (Wildman–Crippen MR) is 109 cm³/mol. The van der Waals surface area contributed by atoms with Crippen LogP contribution in [0.25, 0.3) is 11.4 Å². The minimum Gasteiger partial charge on any atom is -0.479 e. The van der Waals surface area contributed by atoms with Crippen molar-refractivity contribution in [2.75, 3.05) is 18.2 Å². The van der Waals surface area contributed by atoms with Crippen molar-refractivity contribution < 1.29 is 14.3 Å². The van der Waals surface area contributed by atoms with Crippen LogP contribution in [-0.4, -0.2) is 49.2 Å². The smallest absolute Gasteiger partial charge is 0.248 e. The van der Waals surface area contributed by atoms with Crippen molar-refractivity contribution in [3.63, 3.8) is 0 Å². The molecule has 0 unspecified atom stereocenters. The molecule has 1 aromatic carbocycles. The van der Waals surface area contributed by atoms with Crippen LogP contribution in [0.5, 0.6) is 5.88 Å². The molecule has 2 amide bonds. The number of hydrogen-bond donors (Lipinski definition) is 2. The number of aromatic nitrogens is 5. The number of nitrogens with one attached hydrogen (secondary N) is 1. The summed E-state index contributed by atoms with van der Waals surface area (Å²) in [6, 6.07) is 6.38. The first kappa shape index (κ1) is 20.4. The SMILES string of the molecule is CCn1c(SCC(=O)Nc2ccc(C(N)=O)cc2)nnc1-c1cn(C)nc1OC. The number of carbonyl (C=O) groups excluding carboxylic acids is 2. The lowest BCUT2D eigenvalue weighted by molar-refractivity contribution is -0.113. The van der Waals surface area contributed by atoms with E-state index < -0.39 is 5.91 Å². The molecule has 2 aromatic heterocycles. The summed E-state index contributed by atoms with van der Waals surface area (Å²) in [5, 5.41) is 16.1. The van der Waals surface area contributed by atoms with Crippen LogP contribution in [0.3, 0.4) is 0 Å². The van der Waals surface area contributed by atoms with Crippen molar-refractivity contribution in [2.24, 2.45) is 12.8 Å². The topological polar surface area (TPSA) is 130 Å². The number of aryl methyl sites for hydroxylation is 1. The molecule has 0 aliphatic carbocycles. The summed E-state index contributed by atoms with van der Waals surface area (Å²) in [4.78, 5) is 23.4. The van der Waals surface area contributed by atoms with Crippen LogP contribution in [0.1, 0.15) is 17.3 Å². The Hall–Kier alpha value is -3.34. The van der Waals surface area contributed by atoms with Crippen molar-refractivity contribution >= 4 is 29.3 Å². The zero-order valence-electron chi connectivity index (χ0n) is 16.2. The fraction of sp³-hybridized carbons (Fsp3) is 0.278. The Morgan fingerprint density at radius 2 is 1.97 bits per heavy atom. The van der Waals surface area contributed by atoms with Gasteiger partial charge in [0.05, 0.1) is 12.9 Å². The zero-order valence-corrected chi connectivity index (χ0v) is 17.1. The molecule has 0 saturated carbocycles. The normalized spacial score (nSPS) is 10.7. The fourth-order valence-corrected chi connectivity index (χ4v) is 3.50. The average Bonchev–Trinajstić information content (AvgIpc) is 3.28. The maximum atomic E-state index is 12.3. The number of thioether (sulfide) groups is 1. The zero-order chi connectivity index (χ0) is 21.0. The molecule has 0 fully saturated rings. The van der Waals surface area contributed by atoms with Gasteiger partial charge in [-0.25, -0.2) is 0 Å². The maximum absolute atomic E-state index is 12.3. The Bertz CT molecular complexity index is 1030. The van der Waals surface area contributed by atoms with Crippen LogP contribution in [0.15, 0.2) is 35.6 Å². The Labute approximate surface area is 171 Å². The number of carbonyl (C=O) groups is 2. The van der Waals surface area contributed by atoms with Crippen LogP contribution >= 0.6 is 11.8 Å². The summed E-state index contributed by atoms with van der Waals surface area (Å²) in [6.07, 6.45) is 1.81. The Morgan fingerprint density at radius 1 is 1.24 bits per heavy atom. The van der Waals surface area contributed by atoms with E-state index in [1.165, 1.54) is 11.8 Å².